The maximum Gasteiger partial charge on any atom is 0.322 e. The van der Waals surface area contributed by atoms with Gasteiger partial charge in [-0.3, -0.25) is 9.59 Å². The monoisotopic (exact) mass is 442 g/mol. The molecule has 1 heterocycles. The standard InChI is InChI=1S/C23H23ClN2O5/c1-15-3-2-9-23(12-15,31-18-6-4-17(24)5-7-18)10-8-16-11-19(27)21(25-13-16)22(30)26-14-20(28)29/h4-7,11,13,15,27H,2-3,9,12,14H2,1H3,(H,26,30)(H,28,29). The van der Waals surface area contributed by atoms with Crippen molar-refractivity contribution in [3.63, 3.8) is 0 Å². The summed E-state index contributed by atoms with van der Waals surface area (Å²) in [6, 6.07) is 8.48. The van der Waals surface area contributed by atoms with Gasteiger partial charge in [0.05, 0.1) is 0 Å². The smallest absolute Gasteiger partial charge is 0.322 e. The Labute approximate surface area is 185 Å². The second-order valence-corrected chi connectivity index (χ2v) is 8.11. The van der Waals surface area contributed by atoms with E-state index in [0.717, 1.165) is 25.7 Å². The minimum atomic E-state index is -1.19. The highest BCUT2D eigenvalue weighted by atomic mass is 35.5. The van der Waals surface area contributed by atoms with Gasteiger partial charge in [-0.15, -0.1) is 0 Å². The van der Waals surface area contributed by atoms with Gasteiger partial charge in [-0.25, -0.2) is 4.98 Å². The summed E-state index contributed by atoms with van der Waals surface area (Å²) >= 11 is 5.97. The number of nitrogens with zero attached hydrogens (tertiary/aromatic N) is 1. The van der Waals surface area contributed by atoms with Crippen LogP contribution in [0.4, 0.5) is 0 Å². The first-order chi connectivity index (χ1) is 14.8. The van der Waals surface area contributed by atoms with E-state index in [9.17, 15) is 14.7 Å². The van der Waals surface area contributed by atoms with E-state index in [4.69, 9.17) is 21.4 Å². The Morgan fingerprint density at radius 2 is 2.10 bits per heavy atom. The molecule has 3 rings (SSSR count). The maximum absolute atomic E-state index is 11.9. The van der Waals surface area contributed by atoms with Crippen LogP contribution in [0, 0.1) is 17.8 Å². The van der Waals surface area contributed by atoms with Crippen LogP contribution in [0.3, 0.4) is 0 Å². The van der Waals surface area contributed by atoms with E-state index >= 15 is 0 Å². The molecule has 3 N–H and O–H groups in total. The summed E-state index contributed by atoms with van der Waals surface area (Å²) in [6.45, 7) is 1.60. The molecule has 1 aromatic heterocycles. The Morgan fingerprint density at radius 1 is 1.35 bits per heavy atom. The van der Waals surface area contributed by atoms with Crippen LogP contribution in [0.5, 0.6) is 11.5 Å². The first kappa shape index (κ1) is 22.4. The summed E-state index contributed by atoms with van der Waals surface area (Å²) in [6.07, 6.45) is 4.98. The average Bonchev–Trinajstić information content (AvgIpc) is 2.72. The third-order valence-corrected chi connectivity index (χ3v) is 5.25. The fourth-order valence-electron chi connectivity index (χ4n) is 3.59. The number of pyridine rings is 1. The molecule has 8 heteroatoms. The number of amides is 1. The zero-order chi connectivity index (χ0) is 22.4. The van der Waals surface area contributed by atoms with Crippen molar-refractivity contribution >= 4 is 23.5 Å². The number of halogens is 1. The van der Waals surface area contributed by atoms with E-state index in [1.54, 1.807) is 12.1 Å². The van der Waals surface area contributed by atoms with Crippen LogP contribution in [0.2, 0.25) is 5.02 Å². The number of hydrogen-bond acceptors (Lipinski definition) is 5. The Morgan fingerprint density at radius 3 is 2.74 bits per heavy atom. The molecule has 1 aromatic carbocycles. The molecule has 1 amide bonds. The molecule has 2 atom stereocenters. The molecular weight excluding hydrogens is 420 g/mol. The Bertz CT molecular complexity index is 1030. The highest BCUT2D eigenvalue weighted by Gasteiger charge is 2.35. The van der Waals surface area contributed by atoms with Crippen LogP contribution in [0.1, 0.15) is 48.7 Å². The van der Waals surface area contributed by atoms with Crippen molar-refractivity contribution in [1.82, 2.24) is 10.3 Å². The molecule has 0 radical (unpaired) electrons. The number of aliphatic carboxylic acids is 1. The summed E-state index contributed by atoms with van der Waals surface area (Å²) in [7, 11) is 0. The SMILES string of the molecule is CC1CCCC(C#Cc2cnc(C(=O)NCC(=O)O)c(O)c2)(Oc2ccc(Cl)cc2)C1. The molecule has 0 bridgehead atoms. The van der Waals surface area contributed by atoms with Crippen molar-refractivity contribution in [2.75, 3.05) is 6.54 Å². The number of carboxylic acids is 1. The van der Waals surface area contributed by atoms with Crippen LogP contribution in [0.15, 0.2) is 36.5 Å². The number of nitrogens with one attached hydrogen (secondary N) is 1. The van der Waals surface area contributed by atoms with Gasteiger partial charge in [0.25, 0.3) is 5.91 Å². The summed E-state index contributed by atoms with van der Waals surface area (Å²) in [5.74, 6) is 5.03. The van der Waals surface area contributed by atoms with E-state index in [-0.39, 0.29) is 11.4 Å². The quantitative estimate of drug-likeness (QED) is 0.610. The molecular formula is C23H23ClN2O5. The van der Waals surface area contributed by atoms with Gasteiger partial charge >= 0.3 is 5.97 Å². The van der Waals surface area contributed by atoms with Crippen molar-refractivity contribution in [1.29, 1.82) is 0 Å². The van der Waals surface area contributed by atoms with Crippen molar-refractivity contribution < 1.29 is 24.5 Å². The lowest BCUT2D eigenvalue weighted by Crippen LogP contribution is -2.39. The van der Waals surface area contributed by atoms with Gasteiger partial charge in [-0.1, -0.05) is 30.9 Å². The summed E-state index contributed by atoms with van der Waals surface area (Å²) in [4.78, 5) is 26.5. The molecule has 162 valence electrons. The van der Waals surface area contributed by atoms with Crippen molar-refractivity contribution in [2.24, 2.45) is 5.92 Å². The normalized spacial score (nSPS) is 20.3. The second-order valence-electron chi connectivity index (χ2n) is 7.67. The van der Waals surface area contributed by atoms with Gasteiger partial charge in [0.2, 0.25) is 0 Å². The predicted octanol–water partition coefficient (Wildman–Crippen LogP) is 3.63. The van der Waals surface area contributed by atoms with E-state index < -0.39 is 24.0 Å². The molecule has 1 saturated carbocycles. The van der Waals surface area contributed by atoms with Gasteiger partial charge in [0.15, 0.2) is 11.3 Å². The maximum atomic E-state index is 11.9. The number of aromatic hydroxyl groups is 1. The van der Waals surface area contributed by atoms with Crippen LogP contribution in [-0.2, 0) is 4.79 Å². The lowest BCUT2D eigenvalue weighted by molar-refractivity contribution is -0.135. The van der Waals surface area contributed by atoms with Crippen LogP contribution in [0.25, 0.3) is 0 Å². The largest absolute Gasteiger partial charge is 0.505 e. The Balaban J connectivity index is 1.83. The van der Waals surface area contributed by atoms with Gasteiger partial charge in [-0.2, -0.15) is 0 Å². The summed E-state index contributed by atoms with van der Waals surface area (Å²) in [5.41, 5.74) is -0.520. The molecule has 7 nitrogen and oxygen atoms in total. The van der Waals surface area contributed by atoms with Crippen LogP contribution < -0.4 is 10.1 Å². The number of carbonyl (C=O) groups is 2. The minimum absolute atomic E-state index is 0.259. The first-order valence-electron chi connectivity index (χ1n) is 9.93. The number of carbonyl (C=O) groups excluding carboxylic acids is 1. The number of ether oxygens (including phenoxy) is 1. The number of carboxylic acid groups (broad SMARTS) is 1. The lowest BCUT2D eigenvalue weighted by atomic mass is 9.79. The number of hydrogen-bond donors (Lipinski definition) is 3. The van der Waals surface area contributed by atoms with E-state index in [0.29, 0.717) is 22.3 Å². The van der Waals surface area contributed by atoms with Crippen LogP contribution in [-0.4, -0.2) is 39.2 Å². The van der Waals surface area contributed by atoms with Gasteiger partial charge in [-0.05, 0) is 55.0 Å². The second kappa shape index (κ2) is 9.71. The molecule has 2 unspecified atom stereocenters. The van der Waals surface area contributed by atoms with Crippen molar-refractivity contribution in [3.05, 3.63) is 52.8 Å². The molecule has 1 aliphatic carbocycles. The zero-order valence-corrected chi connectivity index (χ0v) is 17.8. The minimum Gasteiger partial charge on any atom is -0.505 e. The molecule has 0 saturated heterocycles. The highest BCUT2D eigenvalue weighted by Crippen LogP contribution is 2.36. The number of benzene rings is 1. The Kier molecular flexibility index (Phi) is 7.03. The van der Waals surface area contributed by atoms with Gasteiger partial charge in [0, 0.05) is 23.2 Å². The van der Waals surface area contributed by atoms with E-state index in [2.05, 4.69) is 29.1 Å². The fraction of sp³-hybridized carbons (Fsp3) is 0.348. The third-order valence-electron chi connectivity index (χ3n) is 5.00. The number of aromatic nitrogens is 1. The van der Waals surface area contributed by atoms with E-state index in [1.165, 1.54) is 12.3 Å². The Hall–Kier alpha value is -3.24. The summed E-state index contributed by atoms with van der Waals surface area (Å²) < 4.78 is 6.30. The number of rotatable bonds is 5. The molecule has 2 aromatic rings. The average molecular weight is 443 g/mol. The zero-order valence-electron chi connectivity index (χ0n) is 17.0. The predicted molar refractivity (Wildman–Crippen MR) is 115 cm³/mol. The van der Waals surface area contributed by atoms with Gasteiger partial charge < -0.3 is 20.3 Å². The molecule has 31 heavy (non-hydrogen) atoms. The first-order valence-corrected chi connectivity index (χ1v) is 10.3. The highest BCUT2D eigenvalue weighted by molar-refractivity contribution is 6.30. The fourth-order valence-corrected chi connectivity index (χ4v) is 3.71. The van der Waals surface area contributed by atoms with Gasteiger partial charge in [0.1, 0.15) is 18.0 Å². The molecule has 1 fully saturated rings. The summed E-state index contributed by atoms with van der Waals surface area (Å²) in [5, 5.41) is 21.6. The van der Waals surface area contributed by atoms with Crippen molar-refractivity contribution in [2.45, 2.75) is 38.2 Å². The lowest BCUT2D eigenvalue weighted by Gasteiger charge is -2.36. The topological polar surface area (TPSA) is 109 Å². The van der Waals surface area contributed by atoms with Crippen LogP contribution >= 0.6 is 11.6 Å². The van der Waals surface area contributed by atoms with Crippen molar-refractivity contribution in [3.8, 4) is 23.3 Å². The van der Waals surface area contributed by atoms with E-state index in [1.807, 2.05) is 12.1 Å². The molecule has 1 aliphatic rings. The third kappa shape index (κ3) is 6.12. The molecule has 0 spiro atoms. The molecule has 0 aliphatic heterocycles.